The average molecular weight is 298 g/mol. The van der Waals surface area contributed by atoms with E-state index in [0.29, 0.717) is 18.7 Å². The molecule has 7 heteroatoms. The summed E-state index contributed by atoms with van der Waals surface area (Å²) in [7, 11) is 0. The molecule has 1 saturated carbocycles. The van der Waals surface area contributed by atoms with E-state index in [1.165, 1.54) is 12.4 Å². The van der Waals surface area contributed by atoms with Gasteiger partial charge in [0.15, 0.2) is 0 Å². The minimum absolute atomic E-state index is 0.225. The Kier molecular flexibility index (Phi) is 4.54. The topological polar surface area (TPSA) is 92.2 Å². The summed E-state index contributed by atoms with van der Waals surface area (Å²) in [6, 6.07) is 1.43. The van der Waals surface area contributed by atoms with Crippen LogP contribution in [-0.2, 0) is 9.59 Å². The summed E-state index contributed by atoms with van der Waals surface area (Å²) >= 11 is 5.72. The smallest absolute Gasteiger partial charge is 0.307 e. The van der Waals surface area contributed by atoms with Gasteiger partial charge in [-0.15, -0.1) is 0 Å². The number of hydrogen-bond donors (Lipinski definition) is 2. The molecular weight excluding hydrogens is 282 g/mol. The lowest BCUT2D eigenvalue weighted by atomic mass is 9.95. The highest BCUT2D eigenvalue weighted by Crippen LogP contribution is 2.38. The van der Waals surface area contributed by atoms with Crippen molar-refractivity contribution in [2.45, 2.75) is 26.2 Å². The zero-order valence-corrected chi connectivity index (χ0v) is 11.8. The number of rotatable bonds is 4. The normalized spacial score (nSPS) is 25.4. The van der Waals surface area contributed by atoms with Crippen LogP contribution in [0.5, 0.6) is 0 Å². The number of anilines is 1. The second kappa shape index (κ2) is 6.17. The van der Waals surface area contributed by atoms with E-state index in [4.69, 9.17) is 11.6 Å². The van der Waals surface area contributed by atoms with E-state index in [0.717, 1.165) is 6.42 Å². The second-order valence-electron chi connectivity index (χ2n) is 5.01. The molecule has 0 bridgehead atoms. The van der Waals surface area contributed by atoms with Crippen LogP contribution in [0.15, 0.2) is 12.4 Å². The minimum atomic E-state index is -0.915. The van der Waals surface area contributed by atoms with E-state index >= 15 is 0 Å². The summed E-state index contributed by atoms with van der Waals surface area (Å²) < 4.78 is 0. The van der Waals surface area contributed by atoms with Gasteiger partial charge in [0.05, 0.1) is 11.8 Å². The molecule has 0 aromatic carbocycles. The lowest BCUT2D eigenvalue weighted by Gasteiger charge is -2.15. The average Bonchev–Trinajstić information content (AvgIpc) is 2.83. The number of aliphatic carboxylic acids is 1. The van der Waals surface area contributed by atoms with Gasteiger partial charge in [-0.2, -0.15) is 0 Å². The molecule has 1 fully saturated rings. The van der Waals surface area contributed by atoms with E-state index in [2.05, 4.69) is 15.3 Å². The fourth-order valence-electron chi connectivity index (χ4n) is 2.66. The number of nitrogens with zero attached hydrogens (tertiary/aromatic N) is 2. The van der Waals surface area contributed by atoms with Crippen molar-refractivity contribution in [2.24, 2.45) is 17.8 Å². The maximum absolute atomic E-state index is 12.2. The predicted molar refractivity (Wildman–Crippen MR) is 73.3 cm³/mol. The number of nitrogens with one attached hydrogen (secondary N) is 1. The molecule has 1 aromatic rings. The molecule has 1 aromatic heterocycles. The third-order valence-corrected chi connectivity index (χ3v) is 3.98. The number of carboxylic acid groups (broad SMARTS) is 1. The summed E-state index contributed by atoms with van der Waals surface area (Å²) in [5, 5.41) is 12.1. The van der Waals surface area contributed by atoms with E-state index in [-0.39, 0.29) is 17.0 Å². The van der Waals surface area contributed by atoms with Gasteiger partial charge in [-0.05, 0) is 18.8 Å². The Morgan fingerprint density at radius 3 is 2.70 bits per heavy atom. The molecule has 20 heavy (non-hydrogen) atoms. The molecule has 2 rings (SSSR count). The number of carboxylic acids is 1. The Balaban J connectivity index is 2.09. The Labute approximate surface area is 121 Å². The van der Waals surface area contributed by atoms with Gasteiger partial charge in [0, 0.05) is 6.07 Å². The Bertz CT molecular complexity index is 523. The fourth-order valence-corrected chi connectivity index (χ4v) is 2.81. The third kappa shape index (κ3) is 3.25. The van der Waals surface area contributed by atoms with Crippen LogP contribution >= 0.6 is 11.6 Å². The molecule has 0 radical (unpaired) electrons. The number of carbonyl (C=O) groups is 2. The van der Waals surface area contributed by atoms with Crippen LogP contribution in [0.25, 0.3) is 0 Å². The van der Waals surface area contributed by atoms with E-state index in [9.17, 15) is 14.7 Å². The quantitative estimate of drug-likeness (QED) is 0.831. The van der Waals surface area contributed by atoms with Gasteiger partial charge < -0.3 is 10.4 Å². The Hall–Kier alpha value is -1.69. The monoisotopic (exact) mass is 297 g/mol. The molecule has 0 saturated heterocycles. The number of halogens is 1. The lowest BCUT2D eigenvalue weighted by Crippen LogP contribution is -2.30. The first kappa shape index (κ1) is 14.7. The van der Waals surface area contributed by atoms with Crippen molar-refractivity contribution < 1.29 is 14.7 Å². The van der Waals surface area contributed by atoms with Crippen LogP contribution < -0.4 is 5.32 Å². The van der Waals surface area contributed by atoms with Gasteiger partial charge >= 0.3 is 5.97 Å². The van der Waals surface area contributed by atoms with Gasteiger partial charge in [0.1, 0.15) is 17.3 Å². The molecule has 1 heterocycles. The molecule has 6 nitrogen and oxygen atoms in total. The van der Waals surface area contributed by atoms with Gasteiger partial charge in [-0.3, -0.25) is 9.59 Å². The first-order valence-corrected chi connectivity index (χ1v) is 6.90. The third-order valence-electron chi connectivity index (χ3n) is 3.78. The number of hydrogen-bond acceptors (Lipinski definition) is 4. The molecule has 3 atom stereocenters. The Morgan fingerprint density at radius 2 is 2.10 bits per heavy atom. The van der Waals surface area contributed by atoms with Gasteiger partial charge in [-0.25, -0.2) is 9.97 Å². The summed E-state index contributed by atoms with van der Waals surface area (Å²) in [5.74, 6) is -1.81. The molecule has 3 unspecified atom stereocenters. The van der Waals surface area contributed by atoms with E-state index < -0.39 is 17.8 Å². The van der Waals surface area contributed by atoms with Crippen LogP contribution in [0.4, 0.5) is 5.82 Å². The van der Waals surface area contributed by atoms with Crippen molar-refractivity contribution in [1.29, 1.82) is 0 Å². The molecule has 1 aliphatic carbocycles. The molecule has 2 N–H and O–H groups in total. The van der Waals surface area contributed by atoms with Crippen molar-refractivity contribution in [3.05, 3.63) is 17.5 Å². The van der Waals surface area contributed by atoms with Gasteiger partial charge in [-0.1, -0.05) is 24.9 Å². The number of amides is 1. The largest absolute Gasteiger partial charge is 0.481 e. The van der Waals surface area contributed by atoms with Crippen molar-refractivity contribution in [2.75, 3.05) is 5.32 Å². The van der Waals surface area contributed by atoms with Crippen molar-refractivity contribution in [3.63, 3.8) is 0 Å². The van der Waals surface area contributed by atoms with Crippen LogP contribution in [0.1, 0.15) is 26.2 Å². The minimum Gasteiger partial charge on any atom is -0.481 e. The molecule has 1 amide bonds. The van der Waals surface area contributed by atoms with Crippen molar-refractivity contribution >= 4 is 29.3 Å². The van der Waals surface area contributed by atoms with E-state index in [1.807, 2.05) is 6.92 Å². The first-order chi connectivity index (χ1) is 9.51. The van der Waals surface area contributed by atoms with Crippen LogP contribution in [-0.4, -0.2) is 27.0 Å². The van der Waals surface area contributed by atoms with Gasteiger partial charge in [0.2, 0.25) is 5.91 Å². The summed E-state index contributed by atoms with van der Waals surface area (Å²) in [4.78, 5) is 31.1. The standard InChI is InChI=1S/C13H16ClN3O3/c1-2-7-3-8(9(4-7)13(19)20)12(18)17-11-5-10(14)15-6-16-11/h5-9H,2-4H2,1H3,(H,19,20)(H,15,16,17,18). The van der Waals surface area contributed by atoms with Crippen LogP contribution in [0.3, 0.4) is 0 Å². The lowest BCUT2D eigenvalue weighted by molar-refractivity contribution is -0.145. The van der Waals surface area contributed by atoms with Crippen molar-refractivity contribution in [3.8, 4) is 0 Å². The maximum atomic E-state index is 12.2. The zero-order valence-electron chi connectivity index (χ0n) is 11.0. The molecular formula is C13H16ClN3O3. The highest BCUT2D eigenvalue weighted by Gasteiger charge is 2.42. The highest BCUT2D eigenvalue weighted by atomic mass is 35.5. The van der Waals surface area contributed by atoms with Crippen LogP contribution in [0, 0.1) is 17.8 Å². The first-order valence-electron chi connectivity index (χ1n) is 6.52. The summed E-state index contributed by atoms with van der Waals surface area (Å²) in [5.41, 5.74) is 0. The molecule has 0 aliphatic heterocycles. The van der Waals surface area contributed by atoms with Gasteiger partial charge in [0.25, 0.3) is 0 Å². The van der Waals surface area contributed by atoms with Crippen LogP contribution in [0.2, 0.25) is 5.15 Å². The molecule has 108 valence electrons. The Morgan fingerprint density at radius 1 is 1.40 bits per heavy atom. The summed E-state index contributed by atoms with van der Waals surface area (Å²) in [6.07, 6.45) is 3.27. The molecule has 1 aliphatic rings. The molecule has 0 spiro atoms. The highest BCUT2D eigenvalue weighted by molar-refractivity contribution is 6.29. The van der Waals surface area contributed by atoms with E-state index in [1.54, 1.807) is 0 Å². The number of carbonyl (C=O) groups excluding carboxylic acids is 1. The summed E-state index contributed by atoms with van der Waals surface area (Å²) in [6.45, 7) is 2.01. The predicted octanol–water partition coefficient (Wildman–Crippen LogP) is 2.21. The zero-order chi connectivity index (χ0) is 14.7. The SMILES string of the molecule is CCC1CC(C(=O)O)C(C(=O)Nc2cc(Cl)ncn2)C1. The number of aromatic nitrogens is 2. The second-order valence-corrected chi connectivity index (χ2v) is 5.40. The maximum Gasteiger partial charge on any atom is 0.307 e. The fraction of sp³-hybridized carbons (Fsp3) is 0.538. The van der Waals surface area contributed by atoms with Crippen molar-refractivity contribution in [1.82, 2.24) is 9.97 Å².